The number of benzene rings is 2. The lowest BCUT2D eigenvalue weighted by Gasteiger charge is -2.12. The second-order valence-corrected chi connectivity index (χ2v) is 6.09. The van der Waals surface area contributed by atoms with Gasteiger partial charge in [-0.2, -0.15) is 0 Å². The zero-order valence-electron chi connectivity index (χ0n) is 13.2. The number of hydrogen-bond donors (Lipinski definition) is 2. The van der Waals surface area contributed by atoms with E-state index in [4.69, 9.17) is 16.3 Å². The number of anilines is 2. The van der Waals surface area contributed by atoms with Crippen LogP contribution in [0.25, 0.3) is 0 Å². The Morgan fingerprint density at radius 2 is 2.00 bits per heavy atom. The molecule has 1 atom stereocenters. The van der Waals surface area contributed by atoms with Crippen LogP contribution in [-0.2, 0) is 9.53 Å². The Balaban J connectivity index is 1.69. The predicted octanol–water partition coefficient (Wildman–Crippen LogP) is 3.85. The molecule has 3 rings (SSSR count). The molecule has 0 aliphatic carbocycles. The summed E-state index contributed by atoms with van der Waals surface area (Å²) in [5, 5.41) is 5.45. The Hall–Kier alpha value is -2.44. The number of hydrogen-bond acceptors (Lipinski definition) is 3. The van der Waals surface area contributed by atoms with Crippen molar-refractivity contribution in [3.8, 4) is 0 Å². The number of amides is 2. The van der Waals surface area contributed by atoms with Crippen LogP contribution in [-0.4, -0.2) is 24.5 Å². The van der Waals surface area contributed by atoms with Crippen molar-refractivity contribution in [2.45, 2.75) is 18.9 Å². The van der Waals surface area contributed by atoms with Gasteiger partial charge >= 0.3 is 0 Å². The molecule has 7 heteroatoms. The van der Waals surface area contributed by atoms with E-state index in [1.807, 2.05) is 0 Å². The molecule has 130 valence electrons. The Morgan fingerprint density at radius 1 is 1.16 bits per heavy atom. The summed E-state index contributed by atoms with van der Waals surface area (Å²) >= 11 is 5.69. The van der Waals surface area contributed by atoms with Crippen molar-refractivity contribution in [3.63, 3.8) is 0 Å². The summed E-state index contributed by atoms with van der Waals surface area (Å²) in [7, 11) is 0. The van der Waals surface area contributed by atoms with Crippen LogP contribution < -0.4 is 10.6 Å². The molecule has 0 saturated carbocycles. The largest absolute Gasteiger partial charge is 0.368 e. The minimum absolute atomic E-state index is 0.0307. The first-order chi connectivity index (χ1) is 12.0. The lowest BCUT2D eigenvalue weighted by molar-refractivity contribution is -0.124. The highest BCUT2D eigenvalue weighted by atomic mass is 35.5. The van der Waals surface area contributed by atoms with Crippen LogP contribution in [0.5, 0.6) is 0 Å². The van der Waals surface area contributed by atoms with Gasteiger partial charge in [-0.15, -0.1) is 0 Å². The smallest absolute Gasteiger partial charge is 0.255 e. The van der Waals surface area contributed by atoms with Gasteiger partial charge in [-0.1, -0.05) is 17.7 Å². The fourth-order valence-corrected chi connectivity index (χ4v) is 2.69. The van der Waals surface area contributed by atoms with Crippen molar-refractivity contribution < 1.29 is 18.7 Å². The Morgan fingerprint density at radius 3 is 2.72 bits per heavy atom. The molecule has 1 saturated heterocycles. The van der Waals surface area contributed by atoms with Gasteiger partial charge in [0.1, 0.15) is 11.9 Å². The normalized spacial score (nSPS) is 16.5. The summed E-state index contributed by atoms with van der Waals surface area (Å²) in [6, 6.07) is 10.4. The van der Waals surface area contributed by atoms with E-state index >= 15 is 0 Å². The van der Waals surface area contributed by atoms with Crippen molar-refractivity contribution in [2.75, 3.05) is 17.2 Å². The molecular formula is C18H16ClFN2O3. The van der Waals surface area contributed by atoms with E-state index in [1.54, 1.807) is 18.2 Å². The molecule has 1 fully saturated rings. The number of carbonyl (C=O) groups is 2. The van der Waals surface area contributed by atoms with Gasteiger partial charge in [0, 0.05) is 22.9 Å². The van der Waals surface area contributed by atoms with Gasteiger partial charge in [0.2, 0.25) is 0 Å². The van der Waals surface area contributed by atoms with E-state index in [0.29, 0.717) is 24.3 Å². The summed E-state index contributed by atoms with van der Waals surface area (Å²) in [5.74, 6) is -1.35. The molecule has 0 radical (unpaired) electrons. The van der Waals surface area contributed by atoms with Crippen LogP contribution in [0.15, 0.2) is 42.5 Å². The molecule has 1 aliphatic rings. The first-order valence-electron chi connectivity index (χ1n) is 7.82. The lowest BCUT2D eigenvalue weighted by Crippen LogP contribution is -2.27. The highest BCUT2D eigenvalue weighted by Crippen LogP contribution is 2.21. The molecule has 1 unspecified atom stereocenters. The molecule has 25 heavy (non-hydrogen) atoms. The van der Waals surface area contributed by atoms with Gasteiger partial charge in [-0.05, 0) is 49.2 Å². The number of rotatable bonds is 4. The number of ether oxygens (including phenoxy) is 1. The van der Waals surface area contributed by atoms with Crippen LogP contribution in [0.1, 0.15) is 23.2 Å². The maximum absolute atomic E-state index is 13.8. The lowest BCUT2D eigenvalue weighted by atomic mass is 10.1. The summed E-state index contributed by atoms with van der Waals surface area (Å²) in [6.45, 7) is 0.577. The number of halogens is 2. The Labute approximate surface area is 149 Å². The van der Waals surface area contributed by atoms with E-state index in [-0.39, 0.29) is 16.6 Å². The highest BCUT2D eigenvalue weighted by Gasteiger charge is 2.23. The van der Waals surface area contributed by atoms with E-state index < -0.39 is 17.8 Å². The van der Waals surface area contributed by atoms with Crippen molar-refractivity contribution in [1.29, 1.82) is 0 Å². The molecule has 1 aliphatic heterocycles. The molecule has 0 bridgehead atoms. The average molecular weight is 363 g/mol. The topological polar surface area (TPSA) is 67.4 Å². The molecule has 1 heterocycles. The van der Waals surface area contributed by atoms with Crippen molar-refractivity contribution in [1.82, 2.24) is 0 Å². The van der Waals surface area contributed by atoms with Gasteiger partial charge in [-0.25, -0.2) is 4.39 Å². The third-order valence-corrected chi connectivity index (χ3v) is 4.03. The highest BCUT2D eigenvalue weighted by molar-refractivity contribution is 6.30. The molecule has 2 aromatic rings. The van der Waals surface area contributed by atoms with Gasteiger partial charge in [-0.3, -0.25) is 9.59 Å². The quantitative estimate of drug-likeness (QED) is 0.868. The van der Waals surface area contributed by atoms with Crippen molar-refractivity contribution >= 4 is 34.8 Å². The van der Waals surface area contributed by atoms with Crippen LogP contribution in [0.3, 0.4) is 0 Å². The Kier molecular flexibility index (Phi) is 5.31. The first-order valence-corrected chi connectivity index (χ1v) is 8.19. The summed E-state index contributed by atoms with van der Waals surface area (Å²) in [6.07, 6.45) is 1.08. The van der Waals surface area contributed by atoms with Crippen LogP contribution >= 0.6 is 11.6 Å². The number of carbonyl (C=O) groups excluding carboxylic acids is 2. The van der Waals surface area contributed by atoms with E-state index in [0.717, 1.165) is 12.5 Å². The van der Waals surface area contributed by atoms with Crippen LogP contribution in [0.2, 0.25) is 5.02 Å². The summed E-state index contributed by atoms with van der Waals surface area (Å²) < 4.78 is 19.1. The summed E-state index contributed by atoms with van der Waals surface area (Å²) in [5.41, 5.74) is 0.799. The van der Waals surface area contributed by atoms with Gasteiger partial charge in [0.15, 0.2) is 0 Å². The zero-order valence-corrected chi connectivity index (χ0v) is 14.0. The van der Waals surface area contributed by atoms with Crippen molar-refractivity contribution in [3.05, 3.63) is 58.9 Å². The fourth-order valence-electron chi connectivity index (χ4n) is 2.53. The van der Waals surface area contributed by atoms with Gasteiger partial charge in [0.25, 0.3) is 11.8 Å². The second-order valence-electron chi connectivity index (χ2n) is 5.65. The van der Waals surface area contributed by atoms with Crippen LogP contribution in [0.4, 0.5) is 15.8 Å². The fraction of sp³-hybridized carbons (Fsp3) is 0.222. The number of nitrogens with one attached hydrogen (secondary N) is 2. The molecule has 2 aromatic carbocycles. The van der Waals surface area contributed by atoms with Gasteiger partial charge in [0.05, 0.1) is 5.69 Å². The van der Waals surface area contributed by atoms with Gasteiger partial charge < -0.3 is 15.4 Å². The third-order valence-electron chi connectivity index (χ3n) is 3.79. The first kappa shape index (κ1) is 17.4. The minimum Gasteiger partial charge on any atom is -0.368 e. The average Bonchev–Trinajstić information content (AvgIpc) is 3.12. The third kappa shape index (κ3) is 4.35. The maximum atomic E-state index is 13.8. The van der Waals surface area contributed by atoms with Crippen molar-refractivity contribution in [2.24, 2.45) is 0 Å². The SMILES string of the molecule is O=C(Nc1ccc(Cl)cc1F)c1cccc(NC(=O)C2CCCO2)c1. The molecule has 2 N–H and O–H groups in total. The predicted molar refractivity (Wildman–Crippen MR) is 93.4 cm³/mol. The minimum atomic E-state index is -0.622. The maximum Gasteiger partial charge on any atom is 0.255 e. The molecule has 2 amide bonds. The molecule has 5 nitrogen and oxygen atoms in total. The van der Waals surface area contributed by atoms with E-state index in [9.17, 15) is 14.0 Å². The van der Waals surface area contributed by atoms with E-state index in [1.165, 1.54) is 18.2 Å². The molecular weight excluding hydrogens is 347 g/mol. The zero-order chi connectivity index (χ0) is 17.8. The van der Waals surface area contributed by atoms with E-state index in [2.05, 4.69) is 10.6 Å². The summed E-state index contributed by atoms with van der Waals surface area (Å²) in [4.78, 5) is 24.4. The Bertz CT molecular complexity index is 807. The monoisotopic (exact) mass is 362 g/mol. The molecule has 0 aromatic heterocycles. The second kappa shape index (κ2) is 7.63. The standard InChI is InChI=1S/C18H16ClFN2O3/c19-12-6-7-15(14(20)10-12)22-17(23)11-3-1-4-13(9-11)21-18(24)16-5-2-8-25-16/h1,3-4,6-7,9-10,16H,2,5,8H2,(H,21,24)(H,22,23). The van der Waals surface area contributed by atoms with Crippen LogP contribution in [0, 0.1) is 5.82 Å². The molecule has 0 spiro atoms.